The molecule has 0 spiro atoms. The van der Waals surface area contributed by atoms with E-state index in [-0.39, 0.29) is 33.3 Å². The van der Waals surface area contributed by atoms with Crippen molar-refractivity contribution in [2.24, 2.45) is 23.7 Å². The summed E-state index contributed by atoms with van der Waals surface area (Å²) in [6, 6.07) is 6.69. The van der Waals surface area contributed by atoms with Crippen LogP contribution in [0.5, 0.6) is 0 Å². The van der Waals surface area contributed by atoms with Gasteiger partial charge in [-0.2, -0.15) is 0 Å². The van der Waals surface area contributed by atoms with Gasteiger partial charge in [-0.05, 0) is 43.2 Å². The molecule has 0 aliphatic heterocycles. The lowest BCUT2D eigenvalue weighted by atomic mass is 9.85. The number of allylic oxidation sites excluding steroid dienone is 4. The van der Waals surface area contributed by atoms with Gasteiger partial charge in [-0.3, -0.25) is 4.79 Å². The number of carbonyl (C=O) groups excluding carboxylic acids is 1. The summed E-state index contributed by atoms with van der Waals surface area (Å²) in [5.74, 6) is 0.333. The third-order valence-corrected chi connectivity index (χ3v) is 6.84. The number of sulfone groups is 1. The molecule has 21 heavy (non-hydrogen) atoms. The summed E-state index contributed by atoms with van der Waals surface area (Å²) in [6.45, 7) is 1.91. The normalized spacial score (nSPS) is 33.4. The van der Waals surface area contributed by atoms with Crippen molar-refractivity contribution < 1.29 is 13.2 Å². The Bertz CT molecular complexity index is 784. The van der Waals surface area contributed by atoms with Crippen LogP contribution in [0.4, 0.5) is 0 Å². The first kappa shape index (κ1) is 13.0. The van der Waals surface area contributed by atoms with Crippen molar-refractivity contribution in [2.45, 2.75) is 18.2 Å². The quantitative estimate of drug-likeness (QED) is 0.789. The van der Waals surface area contributed by atoms with Crippen LogP contribution in [0.15, 0.2) is 52.3 Å². The summed E-state index contributed by atoms with van der Waals surface area (Å²) in [5, 5.41) is 0. The molecule has 1 fully saturated rings. The maximum atomic E-state index is 12.7. The molecule has 0 aromatic heterocycles. The molecule has 0 amide bonds. The molecule has 0 radical (unpaired) electrons. The van der Waals surface area contributed by atoms with Gasteiger partial charge in [0.2, 0.25) is 9.84 Å². The number of benzene rings is 1. The Hall–Kier alpha value is -1.68. The Labute approximate surface area is 124 Å². The molecule has 1 aromatic carbocycles. The predicted molar refractivity (Wildman–Crippen MR) is 79.2 cm³/mol. The van der Waals surface area contributed by atoms with Crippen LogP contribution in [0, 0.1) is 30.6 Å². The van der Waals surface area contributed by atoms with Crippen molar-refractivity contribution in [3.63, 3.8) is 0 Å². The van der Waals surface area contributed by atoms with Crippen LogP contribution in [-0.2, 0) is 14.6 Å². The van der Waals surface area contributed by atoms with Crippen LogP contribution in [0.2, 0.25) is 0 Å². The molecule has 4 rings (SSSR count). The topological polar surface area (TPSA) is 51.2 Å². The van der Waals surface area contributed by atoms with E-state index in [1.54, 1.807) is 30.3 Å². The van der Waals surface area contributed by atoms with E-state index in [2.05, 4.69) is 12.2 Å². The van der Waals surface area contributed by atoms with E-state index in [0.717, 1.165) is 12.0 Å². The average molecular weight is 300 g/mol. The number of carbonyl (C=O) groups is 1. The molecule has 3 aliphatic rings. The molecule has 0 heterocycles. The van der Waals surface area contributed by atoms with Gasteiger partial charge in [-0.15, -0.1) is 0 Å². The Morgan fingerprint density at radius 2 is 1.71 bits per heavy atom. The van der Waals surface area contributed by atoms with Gasteiger partial charge >= 0.3 is 0 Å². The average Bonchev–Trinajstić information content (AvgIpc) is 3.12. The minimum absolute atomic E-state index is 0.0137. The van der Waals surface area contributed by atoms with Crippen LogP contribution in [0.25, 0.3) is 0 Å². The number of rotatable bonds is 2. The van der Waals surface area contributed by atoms with Gasteiger partial charge < -0.3 is 0 Å². The zero-order valence-corrected chi connectivity index (χ0v) is 12.5. The van der Waals surface area contributed by atoms with Gasteiger partial charge in [0.05, 0.1) is 4.90 Å². The first-order valence-corrected chi connectivity index (χ1v) is 8.73. The summed E-state index contributed by atoms with van der Waals surface area (Å²) in [4.78, 5) is 12.8. The number of hydrogen-bond acceptors (Lipinski definition) is 3. The van der Waals surface area contributed by atoms with E-state index < -0.39 is 9.84 Å². The van der Waals surface area contributed by atoms with E-state index in [0.29, 0.717) is 5.92 Å². The molecule has 4 atom stereocenters. The van der Waals surface area contributed by atoms with Gasteiger partial charge in [0, 0.05) is 5.92 Å². The van der Waals surface area contributed by atoms with Crippen molar-refractivity contribution in [1.82, 2.24) is 0 Å². The number of aryl methyl sites for hydroxylation is 1. The minimum Gasteiger partial charge on any atom is -0.293 e. The van der Waals surface area contributed by atoms with Crippen molar-refractivity contribution in [1.29, 1.82) is 0 Å². The Morgan fingerprint density at radius 1 is 1.05 bits per heavy atom. The molecule has 0 saturated heterocycles. The third-order valence-electron chi connectivity index (χ3n) is 5.03. The molecular formula is C17H16O3S. The number of fused-ring (bicyclic) bond motifs is 5. The highest BCUT2D eigenvalue weighted by molar-refractivity contribution is 7.96. The van der Waals surface area contributed by atoms with Crippen molar-refractivity contribution in [2.75, 3.05) is 0 Å². The molecular weight excluding hydrogens is 284 g/mol. The number of ketones is 1. The molecule has 2 bridgehead atoms. The highest BCUT2D eigenvalue weighted by Gasteiger charge is 2.53. The number of Topliss-reactive ketones (excluding diaryl/α,β-unsaturated/α-hetero) is 1. The minimum atomic E-state index is -3.68. The van der Waals surface area contributed by atoms with E-state index in [1.807, 2.05) is 6.92 Å². The summed E-state index contributed by atoms with van der Waals surface area (Å²) >= 11 is 0. The van der Waals surface area contributed by atoms with Crippen LogP contribution >= 0.6 is 0 Å². The van der Waals surface area contributed by atoms with Gasteiger partial charge in [-0.25, -0.2) is 8.42 Å². The van der Waals surface area contributed by atoms with Gasteiger partial charge in [-0.1, -0.05) is 35.9 Å². The fourth-order valence-corrected chi connectivity index (χ4v) is 5.43. The summed E-state index contributed by atoms with van der Waals surface area (Å²) in [6.07, 6.45) is 6.93. The molecule has 0 unspecified atom stereocenters. The predicted octanol–water partition coefficient (Wildman–Crippen LogP) is 2.67. The smallest absolute Gasteiger partial charge is 0.209 e. The van der Waals surface area contributed by atoms with Gasteiger partial charge in [0.1, 0.15) is 4.91 Å². The summed E-state index contributed by atoms with van der Waals surface area (Å²) < 4.78 is 25.4. The zero-order chi connectivity index (χ0) is 14.8. The molecule has 1 aromatic rings. The molecule has 3 aliphatic carbocycles. The maximum absolute atomic E-state index is 12.7. The van der Waals surface area contributed by atoms with E-state index in [4.69, 9.17) is 0 Å². The van der Waals surface area contributed by atoms with Crippen LogP contribution in [-0.4, -0.2) is 14.2 Å². The fourth-order valence-electron chi connectivity index (χ4n) is 3.94. The maximum Gasteiger partial charge on any atom is 0.209 e. The summed E-state index contributed by atoms with van der Waals surface area (Å²) in [7, 11) is -3.68. The molecule has 0 N–H and O–H groups in total. The first-order valence-electron chi connectivity index (χ1n) is 7.24. The standard InChI is InChI=1S/C17H16O3S/c1-10-2-6-13(7-3-10)21(19,20)15-9-14-11-4-5-12(8-11)16(14)17(15)18/h2-7,9,11-12,14,16H,8H2,1H3/t11-,12+,14+,16-/m1/s1. The van der Waals surface area contributed by atoms with E-state index in [1.165, 1.54) is 0 Å². The van der Waals surface area contributed by atoms with E-state index >= 15 is 0 Å². The van der Waals surface area contributed by atoms with Crippen LogP contribution < -0.4 is 0 Å². The molecule has 4 heteroatoms. The SMILES string of the molecule is Cc1ccc(S(=O)(=O)C2=C[C@@H]3[C@H](C2=O)[C@H]2C=C[C@@H]3C2)cc1. The van der Waals surface area contributed by atoms with Crippen molar-refractivity contribution >= 4 is 15.6 Å². The first-order chi connectivity index (χ1) is 9.98. The second-order valence-electron chi connectivity index (χ2n) is 6.26. The lowest BCUT2D eigenvalue weighted by Gasteiger charge is -2.17. The van der Waals surface area contributed by atoms with Crippen molar-refractivity contribution in [3.8, 4) is 0 Å². The second kappa shape index (κ2) is 4.17. The molecule has 1 saturated carbocycles. The molecule has 108 valence electrons. The van der Waals surface area contributed by atoms with Gasteiger partial charge in [0.25, 0.3) is 0 Å². The van der Waals surface area contributed by atoms with Gasteiger partial charge in [0.15, 0.2) is 5.78 Å². The Balaban J connectivity index is 1.76. The summed E-state index contributed by atoms with van der Waals surface area (Å²) in [5.41, 5.74) is 1.000. The van der Waals surface area contributed by atoms with Crippen LogP contribution in [0.1, 0.15) is 12.0 Å². The third kappa shape index (κ3) is 1.72. The lowest BCUT2D eigenvalue weighted by molar-refractivity contribution is -0.119. The van der Waals surface area contributed by atoms with E-state index in [9.17, 15) is 13.2 Å². The Morgan fingerprint density at radius 3 is 2.38 bits per heavy atom. The zero-order valence-electron chi connectivity index (χ0n) is 11.7. The highest BCUT2D eigenvalue weighted by atomic mass is 32.2. The highest BCUT2D eigenvalue weighted by Crippen LogP contribution is 2.53. The molecule has 3 nitrogen and oxygen atoms in total. The second-order valence-corrected chi connectivity index (χ2v) is 8.18. The van der Waals surface area contributed by atoms with Crippen LogP contribution in [0.3, 0.4) is 0 Å². The largest absolute Gasteiger partial charge is 0.293 e. The fraction of sp³-hybridized carbons (Fsp3) is 0.353. The Kier molecular flexibility index (Phi) is 2.58. The lowest BCUT2D eigenvalue weighted by Crippen LogP contribution is -2.23. The monoisotopic (exact) mass is 300 g/mol. The number of hydrogen-bond donors (Lipinski definition) is 0. The van der Waals surface area contributed by atoms with Crippen molar-refractivity contribution in [3.05, 3.63) is 53.0 Å².